The Bertz CT molecular complexity index is 1420. The summed E-state index contributed by atoms with van der Waals surface area (Å²) in [6.07, 6.45) is 15.0. The molecule has 1 unspecified atom stereocenters. The van der Waals surface area contributed by atoms with Gasteiger partial charge in [0.1, 0.15) is 0 Å². The first-order chi connectivity index (χ1) is 21.6. The predicted octanol–water partition coefficient (Wildman–Crippen LogP) is 11.2. The number of Topliss-reactive ketones (excluding diaryl/α,β-unsaturated/α-hetero) is 1. The molecule has 0 bridgehead atoms. The second-order valence-electron chi connectivity index (χ2n) is 13.9. The summed E-state index contributed by atoms with van der Waals surface area (Å²) in [7, 11) is 0. The van der Waals surface area contributed by atoms with Gasteiger partial charge in [-0.15, -0.1) is 5.73 Å². The fraction of sp³-hybridized carbons (Fsp3) is 0.500. The predicted molar refractivity (Wildman–Crippen MR) is 194 cm³/mol. The minimum atomic E-state index is 0.271. The fourth-order valence-electron chi connectivity index (χ4n) is 7.42. The molecule has 240 valence electrons. The summed E-state index contributed by atoms with van der Waals surface area (Å²) >= 11 is 0. The van der Waals surface area contributed by atoms with Crippen molar-refractivity contribution >= 4 is 23.3 Å². The number of allylic oxidation sites excluding steroid dienone is 2. The van der Waals surface area contributed by atoms with Crippen molar-refractivity contribution in [3.8, 4) is 0 Å². The van der Waals surface area contributed by atoms with Crippen LogP contribution in [0.3, 0.4) is 0 Å². The van der Waals surface area contributed by atoms with E-state index in [4.69, 9.17) is 0 Å². The molecule has 1 aliphatic heterocycles. The fourth-order valence-corrected chi connectivity index (χ4v) is 7.42. The third-order valence-corrected chi connectivity index (χ3v) is 10.6. The van der Waals surface area contributed by atoms with Gasteiger partial charge in [-0.25, -0.2) is 0 Å². The molecular formula is C42H56N2O. The molecule has 1 fully saturated rings. The number of aryl methyl sites for hydroxylation is 3. The molecule has 45 heavy (non-hydrogen) atoms. The maximum Gasteiger partial charge on any atom is 0.163 e. The number of benzene rings is 2. The van der Waals surface area contributed by atoms with E-state index >= 15 is 0 Å². The van der Waals surface area contributed by atoms with Crippen molar-refractivity contribution in [3.63, 3.8) is 0 Å². The van der Waals surface area contributed by atoms with Gasteiger partial charge in [0, 0.05) is 48.2 Å². The molecule has 1 heterocycles. The van der Waals surface area contributed by atoms with Gasteiger partial charge in [-0.2, -0.15) is 0 Å². The third kappa shape index (κ3) is 8.86. The Morgan fingerprint density at radius 3 is 2.29 bits per heavy atom. The van der Waals surface area contributed by atoms with E-state index in [-0.39, 0.29) is 5.78 Å². The topological polar surface area (TPSA) is 32.7 Å². The van der Waals surface area contributed by atoms with Crippen molar-refractivity contribution in [1.29, 1.82) is 0 Å². The summed E-state index contributed by atoms with van der Waals surface area (Å²) < 4.78 is 0. The second-order valence-corrected chi connectivity index (χ2v) is 13.9. The molecule has 0 amide bonds. The van der Waals surface area contributed by atoms with Gasteiger partial charge in [0.25, 0.3) is 0 Å². The van der Waals surface area contributed by atoms with Crippen molar-refractivity contribution < 1.29 is 4.79 Å². The zero-order valence-electron chi connectivity index (χ0n) is 28.9. The number of nitrogens with zero attached hydrogens (tertiary/aromatic N) is 2. The Morgan fingerprint density at radius 1 is 1.04 bits per heavy atom. The Hall–Kier alpha value is -3.42. The van der Waals surface area contributed by atoms with Crippen LogP contribution in [0.25, 0.3) is 5.57 Å². The van der Waals surface area contributed by atoms with Crippen LogP contribution in [-0.4, -0.2) is 24.6 Å². The van der Waals surface area contributed by atoms with Gasteiger partial charge in [0.15, 0.2) is 5.78 Å². The zero-order chi connectivity index (χ0) is 32.5. The largest absolute Gasteiger partial charge is 0.364 e. The van der Waals surface area contributed by atoms with Crippen LogP contribution in [0.1, 0.15) is 118 Å². The highest BCUT2D eigenvalue weighted by atomic mass is 16.1. The van der Waals surface area contributed by atoms with Gasteiger partial charge in [-0.3, -0.25) is 9.79 Å². The van der Waals surface area contributed by atoms with Crippen molar-refractivity contribution in [2.24, 2.45) is 22.7 Å². The number of ketones is 1. The van der Waals surface area contributed by atoms with Crippen LogP contribution >= 0.6 is 0 Å². The SMILES string of the molecule is C=C=C(C(=C)C(C)CC)c1cc(C)c(C(=O)CCC[C@@H](C)C2CCC(N(CC3=CN=CCC3)c3ccc(C)cc3)CC2)c(C)c1. The minimum absolute atomic E-state index is 0.271. The summed E-state index contributed by atoms with van der Waals surface area (Å²) in [6.45, 7) is 22.3. The van der Waals surface area contributed by atoms with Crippen LogP contribution in [0.15, 0.2) is 77.6 Å². The molecule has 1 saturated carbocycles. The van der Waals surface area contributed by atoms with E-state index in [1.807, 2.05) is 6.21 Å². The Kier molecular flexibility index (Phi) is 12.4. The monoisotopic (exact) mass is 604 g/mol. The lowest BCUT2D eigenvalue weighted by Crippen LogP contribution is -2.40. The molecule has 2 aromatic carbocycles. The number of aliphatic imine (C=N–C) groups is 1. The highest BCUT2D eigenvalue weighted by Gasteiger charge is 2.29. The summed E-state index contributed by atoms with van der Waals surface area (Å²) in [4.78, 5) is 20.5. The molecule has 2 aromatic rings. The molecule has 2 aliphatic rings. The molecule has 1 aliphatic carbocycles. The maximum atomic E-state index is 13.4. The first-order valence-electron chi connectivity index (χ1n) is 17.4. The van der Waals surface area contributed by atoms with E-state index in [2.05, 4.69) is 113 Å². The number of rotatable bonds is 14. The Balaban J connectivity index is 1.32. The van der Waals surface area contributed by atoms with Crippen LogP contribution in [0.5, 0.6) is 0 Å². The van der Waals surface area contributed by atoms with Crippen LogP contribution < -0.4 is 4.90 Å². The number of hydrogen-bond acceptors (Lipinski definition) is 3. The van der Waals surface area contributed by atoms with E-state index in [1.54, 1.807) is 0 Å². The van der Waals surface area contributed by atoms with E-state index < -0.39 is 0 Å². The van der Waals surface area contributed by atoms with E-state index in [0.717, 1.165) is 78.0 Å². The lowest BCUT2D eigenvalue weighted by atomic mass is 9.76. The van der Waals surface area contributed by atoms with E-state index in [0.29, 0.717) is 24.3 Å². The normalized spacial score (nSPS) is 19.3. The zero-order valence-corrected chi connectivity index (χ0v) is 28.9. The quantitative estimate of drug-likeness (QED) is 0.122. The molecule has 0 N–H and O–H groups in total. The van der Waals surface area contributed by atoms with Gasteiger partial charge in [0.05, 0.1) is 0 Å². The maximum absolute atomic E-state index is 13.4. The van der Waals surface area contributed by atoms with Crippen molar-refractivity contribution in [3.05, 3.63) is 100 Å². The molecule has 4 rings (SSSR count). The number of carbonyl (C=O) groups is 1. The summed E-state index contributed by atoms with van der Waals surface area (Å²) in [6, 6.07) is 13.9. The van der Waals surface area contributed by atoms with E-state index in [9.17, 15) is 4.79 Å². The molecule has 0 saturated heterocycles. The van der Waals surface area contributed by atoms with Crippen LogP contribution in [-0.2, 0) is 0 Å². The Labute approximate surface area is 273 Å². The van der Waals surface area contributed by atoms with Crippen LogP contribution in [0.2, 0.25) is 0 Å². The van der Waals surface area contributed by atoms with Crippen LogP contribution in [0, 0.1) is 38.5 Å². The molecule has 3 nitrogen and oxygen atoms in total. The van der Waals surface area contributed by atoms with Crippen molar-refractivity contribution in [2.75, 3.05) is 11.4 Å². The molecule has 0 aromatic heterocycles. The van der Waals surface area contributed by atoms with Gasteiger partial charge < -0.3 is 4.90 Å². The van der Waals surface area contributed by atoms with Gasteiger partial charge in [-0.1, -0.05) is 70.2 Å². The minimum Gasteiger partial charge on any atom is -0.364 e. The molecule has 0 radical (unpaired) electrons. The first kappa shape index (κ1) is 34.5. The number of carbonyl (C=O) groups excluding carboxylic acids is 1. The summed E-state index contributed by atoms with van der Waals surface area (Å²) in [5.74, 6) is 2.01. The number of hydrogen-bond donors (Lipinski definition) is 0. The third-order valence-electron chi connectivity index (χ3n) is 10.6. The standard InChI is InChI=1S/C42H56N2O/c1-9-30(4)34(8)40(10-2)37-25-32(6)42(33(7)26-37)41(45)15-11-13-31(5)36-18-22-39(23-19-36)44(28-35-14-12-24-43-27-35)38-20-16-29(3)17-21-38/h16-17,20-21,24-27,30-31,36,39H,2,8-9,11-15,18-19,22-23,28H2,1,3-7H3/t30?,31-,36?,39?/m1/s1. The molecule has 0 spiro atoms. The second kappa shape index (κ2) is 16.2. The van der Waals surface area contributed by atoms with Gasteiger partial charge >= 0.3 is 0 Å². The smallest absolute Gasteiger partial charge is 0.163 e. The number of anilines is 1. The van der Waals surface area contributed by atoms with Crippen LogP contribution in [0.4, 0.5) is 5.69 Å². The summed E-state index contributed by atoms with van der Waals surface area (Å²) in [5.41, 5.74) is 13.3. The molecule has 3 heteroatoms. The van der Waals surface area contributed by atoms with Crippen molar-refractivity contribution in [2.45, 2.75) is 112 Å². The molecule has 2 atom stereocenters. The lowest BCUT2D eigenvalue weighted by Gasteiger charge is -2.40. The highest BCUT2D eigenvalue weighted by molar-refractivity contribution is 5.99. The first-order valence-corrected chi connectivity index (χ1v) is 17.4. The Morgan fingerprint density at radius 2 is 1.71 bits per heavy atom. The summed E-state index contributed by atoms with van der Waals surface area (Å²) in [5, 5.41) is 0. The average molecular weight is 605 g/mol. The lowest BCUT2D eigenvalue weighted by molar-refractivity contribution is 0.0974. The van der Waals surface area contributed by atoms with Gasteiger partial charge in [-0.05, 0) is 130 Å². The van der Waals surface area contributed by atoms with E-state index in [1.165, 1.54) is 42.5 Å². The highest BCUT2D eigenvalue weighted by Crippen LogP contribution is 2.37. The van der Waals surface area contributed by atoms with Crippen molar-refractivity contribution in [1.82, 2.24) is 0 Å². The average Bonchev–Trinajstić information content (AvgIpc) is 3.04. The van der Waals surface area contributed by atoms with Gasteiger partial charge in [0.2, 0.25) is 0 Å². The molecular weight excluding hydrogens is 548 g/mol.